The molecule has 2 N–H and O–H groups in total. The summed E-state index contributed by atoms with van der Waals surface area (Å²) in [4.78, 5) is 10.1. The lowest BCUT2D eigenvalue weighted by Gasteiger charge is -2.11. The molecule has 1 aromatic rings. The Bertz CT molecular complexity index is 449. The van der Waals surface area contributed by atoms with Crippen molar-refractivity contribution in [2.75, 3.05) is 33.4 Å². The fourth-order valence-corrected chi connectivity index (χ4v) is 2.86. The average Bonchev–Trinajstić information content (AvgIpc) is 3.23. The third kappa shape index (κ3) is 6.01. The molecule has 0 atom stereocenters. The number of aryl methyl sites for hydroxylation is 2. The van der Waals surface area contributed by atoms with Gasteiger partial charge in [-0.15, -0.1) is 11.3 Å². The van der Waals surface area contributed by atoms with Gasteiger partial charge in [-0.05, 0) is 32.6 Å². The lowest BCUT2D eigenvalue weighted by Crippen LogP contribution is -2.39. The molecule has 6 heteroatoms. The Morgan fingerprint density at radius 2 is 2.10 bits per heavy atom. The van der Waals surface area contributed by atoms with E-state index in [0.717, 1.165) is 50.3 Å². The van der Waals surface area contributed by atoms with Crippen LogP contribution < -0.4 is 10.6 Å². The Kier molecular flexibility index (Phi) is 6.45. The molecule has 0 bridgehead atoms. The minimum absolute atomic E-state index is 0.738. The van der Waals surface area contributed by atoms with Crippen molar-refractivity contribution in [3.8, 4) is 0 Å². The van der Waals surface area contributed by atoms with Crippen molar-refractivity contribution in [1.29, 1.82) is 0 Å². The molecule has 1 aliphatic rings. The molecular weight excluding hydrogens is 284 g/mol. The zero-order valence-electron chi connectivity index (χ0n) is 13.2. The molecule has 0 unspecified atom stereocenters. The summed E-state index contributed by atoms with van der Waals surface area (Å²) < 4.78 is 5.59. The predicted molar refractivity (Wildman–Crippen MR) is 88.2 cm³/mol. The summed E-state index contributed by atoms with van der Waals surface area (Å²) in [6.45, 7) is 7.46. The molecule has 0 amide bonds. The molecule has 1 aliphatic carbocycles. The standard InChI is InChI=1S/C15H26N4OS/c1-11-12(2)21-14(19-11)6-7-17-15(16-3)18-8-9-20-10-13-4-5-13/h13H,4-10H2,1-3H3,(H2,16,17,18). The summed E-state index contributed by atoms with van der Waals surface area (Å²) in [5.41, 5.74) is 1.14. The van der Waals surface area contributed by atoms with Gasteiger partial charge in [-0.3, -0.25) is 4.99 Å². The van der Waals surface area contributed by atoms with E-state index in [4.69, 9.17) is 4.74 Å². The highest BCUT2D eigenvalue weighted by atomic mass is 32.1. The van der Waals surface area contributed by atoms with Crippen molar-refractivity contribution in [2.24, 2.45) is 10.9 Å². The minimum Gasteiger partial charge on any atom is -0.379 e. The lowest BCUT2D eigenvalue weighted by molar-refractivity contribution is 0.129. The number of rotatable bonds is 8. The average molecular weight is 310 g/mol. The van der Waals surface area contributed by atoms with E-state index in [-0.39, 0.29) is 0 Å². The summed E-state index contributed by atoms with van der Waals surface area (Å²) in [5.74, 6) is 1.66. The van der Waals surface area contributed by atoms with Gasteiger partial charge < -0.3 is 15.4 Å². The van der Waals surface area contributed by atoms with Gasteiger partial charge in [0.05, 0.1) is 17.3 Å². The SMILES string of the molecule is CN=C(NCCOCC1CC1)NCCc1nc(C)c(C)s1. The quantitative estimate of drug-likeness (QED) is 0.437. The molecule has 21 heavy (non-hydrogen) atoms. The third-order valence-electron chi connectivity index (χ3n) is 3.52. The van der Waals surface area contributed by atoms with Gasteiger partial charge in [-0.2, -0.15) is 0 Å². The van der Waals surface area contributed by atoms with Crippen LogP contribution in [0.15, 0.2) is 4.99 Å². The van der Waals surface area contributed by atoms with Crippen LogP contribution in [0.4, 0.5) is 0 Å². The first-order chi connectivity index (χ1) is 10.2. The number of hydrogen-bond donors (Lipinski definition) is 2. The van der Waals surface area contributed by atoms with Gasteiger partial charge in [0, 0.05) is 38.0 Å². The van der Waals surface area contributed by atoms with Crippen LogP contribution in [0.5, 0.6) is 0 Å². The van der Waals surface area contributed by atoms with E-state index >= 15 is 0 Å². The second-order valence-corrected chi connectivity index (χ2v) is 6.73. The number of nitrogens with zero attached hydrogens (tertiary/aromatic N) is 2. The molecule has 2 rings (SSSR count). The number of thiazole rings is 1. The van der Waals surface area contributed by atoms with Gasteiger partial charge in [-0.25, -0.2) is 4.98 Å². The van der Waals surface area contributed by atoms with E-state index in [9.17, 15) is 0 Å². The maximum atomic E-state index is 5.59. The fourth-order valence-electron chi connectivity index (χ4n) is 1.93. The second-order valence-electron chi connectivity index (χ2n) is 5.44. The summed E-state index contributed by atoms with van der Waals surface area (Å²) in [6, 6.07) is 0. The number of ether oxygens (including phenoxy) is 1. The number of hydrogen-bond acceptors (Lipinski definition) is 4. The van der Waals surface area contributed by atoms with Gasteiger partial charge in [0.2, 0.25) is 0 Å². The number of aliphatic imine (C=N–C) groups is 1. The van der Waals surface area contributed by atoms with Crippen molar-refractivity contribution in [3.05, 3.63) is 15.6 Å². The number of nitrogens with one attached hydrogen (secondary N) is 2. The molecule has 118 valence electrons. The Balaban J connectivity index is 1.56. The number of guanidine groups is 1. The van der Waals surface area contributed by atoms with E-state index in [1.807, 2.05) is 0 Å². The fraction of sp³-hybridized carbons (Fsp3) is 0.733. The van der Waals surface area contributed by atoms with Crippen LogP contribution in [0.25, 0.3) is 0 Å². The molecule has 0 aliphatic heterocycles. The largest absolute Gasteiger partial charge is 0.379 e. The highest BCUT2D eigenvalue weighted by Gasteiger charge is 2.20. The highest BCUT2D eigenvalue weighted by Crippen LogP contribution is 2.28. The van der Waals surface area contributed by atoms with Crippen LogP contribution in [0, 0.1) is 19.8 Å². The third-order valence-corrected chi connectivity index (χ3v) is 4.65. The minimum atomic E-state index is 0.738. The molecule has 0 spiro atoms. The Labute approximate surface area is 131 Å². The molecule has 5 nitrogen and oxygen atoms in total. The van der Waals surface area contributed by atoms with Crippen LogP contribution in [0.3, 0.4) is 0 Å². The van der Waals surface area contributed by atoms with Crippen molar-refractivity contribution in [3.63, 3.8) is 0 Å². The van der Waals surface area contributed by atoms with Crippen LogP contribution >= 0.6 is 11.3 Å². The zero-order chi connectivity index (χ0) is 15.1. The molecular formula is C15H26N4OS. The van der Waals surface area contributed by atoms with Gasteiger partial charge in [0.25, 0.3) is 0 Å². The highest BCUT2D eigenvalue weighted by molar-refractivity contribution is 7.11. The van der Waals surface area contributed by atoms with Gasteiger partial charge in [0.15, 0.2) is 5.96 Å². The second kappa shape index (κ2) is 8.34. The zero-order valence-corrected chi connectivity index (χ0v) is 14.1. The van der Waals surface area contributed by atoms with E-state index in [1.54, 1.807) is 18.4 Å². The number of aromatic nitrogens is 1. The van der Waals surface area contributed by atoms with Gasteiger partial charge in [0.1, 0.15) is 0 Å². The maximum absolute atomic E-state index is 5.59. The van der Waals surface area contributed by atoms with Crippen LogP contribution in [-0.4, -0.2) is 44.3 Å². The normalized spacial score (nSPS) is 15.3. The van der Waals surface area contributed by atoms with E-state index in [2.05, 4.69) is 34.5 Å². The molecule has 0 radical (unpaired) electrons. The predicted octanol–water partition coefficient (Wildman–Crippen LogP) is 1.89. The topological polar surface area (TPSA) is 58.5 Å². The lowest BCUT2D eigenvalue weighted by atomic mass is 10.4. The monoisotopic (exact) mass is 310 g/mol. The first kappa shape index (κ1) is 16.2. The Hall–Kier alpha value is -1.14. The molecule has 0 saturated heterocycles. The summed E-state index contributed by atoms with van der Waals surface area (Å²) in [5, 5.41) is 7.75. The maximum Gasteiger partial charge on any atom is 0.191 e. The van der Waals surface area contributed by atoms with Crippen molar-refractivity contribution >= 4 is 17.3 Å². The first-order valence-electron chi connectivity index (χ1n) is 7.64. The van der Waals surface area contributed by atoms with E-state index < -0.39 is 0 Å². The van der Waals surface area contributed by atoms with E-state index in [0.29, 0.717) is 0 Å². The first-order valence-corrected chi connectivity index (χ1v) is 8.46. The van der Waals surface area contributed by atoms with Crippen molar-refractivity contribution in [2.45, 2.75) is 33.1 Å². The molecule has 0 aromatic carbocycles. The van der Waals surface area contributed by atoms with Crippen molar-refractivity contribution in [1.82, 2.24) is 15.6 Å². The van der Waals surface area contributed by atoms with Gasteiger partial charge >= 0.3 is 0 Å². The molecule has 1 aromatic heterocycles. The summed E-state index contributed by atoms with van der Waals surface area (Å²) in [7, 11) is 1.79. The summed E-state index contributed by atoms with van der Waals surface area (Å²) in [6.07, 6.45) is 3.61. The molecule has 1 heterocycles. The molecule has 1 fully saturated rings. The van der Waals surface area contributed by atoms with Crippen LogP contribution in [-0.2, 0) is 11.2 Å². The van der Waals surface area contributed by atoms with Crippen LogP contribution in [0.1, 0.15) is 28.4 Å². The summed E-state index contributed by atoms with van der Waals surface area (Å²) >= 11 is 1.78. The smallest absolute Gasteiger partial charge is 0.191 e. The van der Waals surface area contributed by atoms with Crippen molar-refractivity contribution < 1.29 is 4.74 Å². The Morgan fingerprint density at radius 1 is 1.33 bits per heavy atom. The van der Waals surface area contributed by atoms with Crippen LogP contribution in [0.2, 0.25) is 0 Å². The van der Waals surface area contributed by atoms with E-state index in [1.165, 1.54) is 22.7 Å². The van der Waals surface area contributed by atoms with Gasteiger partial charge in [-0.1, -0.05) is 0 Å². The Morgan fingerprint density at radius 3 is 2.71 bits per heavy atom. The molecule has 1 saturated carbocycles.